The van der Waals surface area contributed by atoms with E-state index in [0.29, 0.717) is 11.1 Å². The lowest BCUT2D eigenvalue weighted by atomic mass is 10.0. The van der Waals surface area contributed by atoms with Gasteiger partial charge in [0.2, 0.25) is 0 Å². The Balaban J connectivity index is 1.84. The maximum Gasteiger partial charge on any atom is 0.144 e. The van der Waals surface area contributed by atoms with Crippen LogP contribution in [0.15, 0.2) is 18.3 Å². The molecule has 2 rings (SSSR count). The quantitative estimate of drug-likeness (QED) is 0.815. The van der Waals surface area contributed by atoms with Crippen molar-refractivity contribution in [2.45, 2.75) is 39.2 Å². The summed E-state index contributed by atoms with van der Waals surface area (Å²) in [6.07, 6.45) is 6.95. The van der Waals surface area contributed by atoms with Crippen molar-refractivity contribution >= 4 is 0 Å². The first-order chi connectivity index (χ1) is 8.29. The summed E-state index contributed by atoms with van der Waals surface area (Å²) in [6, 6.07) is 5.99. The van der Waals surface area contributed by atoms with Crippen molar-refractivity contribution in [1.29, 1.82) is 5.26 Å². The van der Waals surface area contributed by atoms with E-state index in [-0.39, 0.29) is 0 Å². The van der Waals surface area contributed by atoms with Crippen molar-refractivity contribution in [1.82, 2.24) is 10.3 Å². The van der Waals surface area contributed by atoms with E-state index in [4.69, 9.17) is 5.26 Å². The number of aromatic nitrogens is 1. The van der Waals surface area contributed by atoms with Crippen LogP contribution in [-0.4, -0.2) is 11.5 Å². The molecule has 3 nitrogen and oxygen atoms in total. The lowest BCUT2D eigenvalue weighted by Crippen LogP contribution is -2.24. The van der Waals surface area contributed by atoms with Crippen LogP contribution in [0.1, 0.15) is 43.9 Å². The predicted octanol–water partition coefficient (Wildman–Crippen LogP) is 2.62. The van der Waals surface area contributed by atoms with E-state index < -0.39 is 0 Å². The zero-order chi connectivity index (χ0) is 12.1. The Labute approximate surface area is 103 Å². The van der Waals surface area contributed by atoms with Gasteiger partial charge in [0.05, 0.1) is 0 Å². The van der Waals surface area contributed by atoms with Gasteiger partial charge in [-0.15, -0.1) is 0 Å². The molecule has 1 heterocycles. The first kappa shape index (κ1) is 12.1. The van der Waals surface area contributed by atoms with E-state index in [1.807, 2.05) is 12.1 Å². The predicted molar refractivity (Wildman–Crippen MR) is 67.2 cm³/mol. The fraction of sp³-hybridized carbons (Fsp3) is 0.571. The second-order valence-corrected chi connectivity index (χ2v) is 4.98. The van der Waals surface area contributed by atoms with Gasteiger partial charge >= 0.3 is 0 Å². The van der Waals surface area contributed by atoms with Crippen LogP contribution in [0.2, 0.25) is 0 Å². The molecule has 1 aliphatic rings. The van der Waals surface area contributed by atoms with E-state index >= 15 is 0 Å². The molecule has 1 saturated carbocycles. The smallest absolute Gasteiger partial charge is 0.144 e. The molecule has 0 radical (unpaired) electrons. The number of pyridine rings is 1. The topological polar surface area (TPSA) is 48.7 Å². The molecule has 0 aromatic carbocycles. The van der Waals surface area contributed by atoms with E-state index in [9.17, 15) is 0 Å². The molecule has 1 fully saturated rings. The highest BCUT2D eigenvalue weighted by molar-refractivity contribution is 5.30. The molecule has 0 spiro atoms. The Bertz CT molecular complexity index is 416. The lowest BCUT2D eigenvalue weighted by molar-refractivity contribution is 0.420. The summed E-state index contributed by atoms with van der Waals surface area (Å²) in [5.74, 6) is 0. The minimum atomic E-state index is 0.542. The highest BCUT2D eigenvalue weighted by Gasteiger charge is 2.40. The Morgan fingerprint density at radius 2 is 2.35 bits per heavy atom. The van der Waals surface area contributed by atoms with Gasteiger partial charge in [0.25, 0.3) is 0 Å². The standard InChI is InChI=1S/C14H19N3/c1-2-5-14(6-7-14)11-16-10-12-4-3-8-17-13(12)9-15/h3-4,8,16H,2,5-7,10-11H2,1H3. The molecule has 0 bridgehead atoms. The molecule has 1 aliphatic carbocycles. The highest BCUT2D eigenvalue weighted by atomic mass is 14.9. The molecule has 0 atom stereocenters. The number of nitrogens with one attached hydrogen (secondary N) is 1. The van der Waals surface area contributed by atoms with Crippen molar-refractivity contribution in [3.63, 3.8) is 0 Å². The Morgan fingerprint density at radius 3 is 3.00 bits per heavy atom. The second-order valence-electron chi connectivity index (χ2n) is 4.98. The Kier molecular flexibility index (Phi) is 3.75. The number of nitrogens with zero attached hydrogens (tertiary/aromatic N) is 2. The fourth-order valence-corrected chi connectivity index (χ4v) is 2.37. The third-order valence-corrected chi connectivity index (χ3v) is 3.55. The first-order valence-corrected chi connectivity index (χ1v) is 6.34. The van der Waals surface area contributed by atoms with Crippen LogP contribution in [0.3, 0.4) is 0 Å². The van der Waals surface area contributed by atoms with Gasteiger partial charge in [0, 0.05) is 24.8 Å². The normalized spacial score (nSPS) is 16.5. The van der Waals surface area contributed by atoms with Crippen LogP contribution >= 0.6 is 0 Å². The van der Waals surface area contributed by atoms with E-state index in [2.05, 4.69) is 23.3 Å². The van der Waals surface area contributed by atoms with Gasteiger partial charge < -0.3 is 5.32 Å². The highest BCUT2D eigenvalue weighted by Crippen LogP contribution is 2.48. The zero-order valence-corrected chi connectivity index (χ0v) is 10.4. The summed E-state index contributed by atoms with van der Waals surface area (Å²) in [5.41, 5.74) is 2.10. The van der Waals surface area contributed by atoms with Gasteiger partial charge in [-0.2, -0.15) is 5.26 Å². The van der Waals surface area contributed by atoms with Crippen LogP contribution in [0, 0.1) is 16.7 Å². The van der Waals surface area contributed by atoms with Gasteiger partial charge in [-0.1, -0.05) is 19.4 Å². The van der Waals surface area contributed by atoms with Gasteiger partial charge in [-0.3, -0.25) is 0 Å². The summed E-state index contributed by atoms with van der Waals surface area (Å²) < 4.78 is 0. The van der Waals surface area contributed by atoms with Gasteiger partial charge in [0.1, 0.15) is 11.8 Å². The maximum atomic E-state index is 8.93. The summed E-state index contributed by atoms with van der Waals surface area (Å²) in [4.78, 5) is 4.06. The molecular formula is C14H19N3. The molecule has 1 aromatic rings. The molecule has 0 unspecified atom stereocenters. The molecule has 17 heavy (non-hydrogen) atoms. The molecule has 0 amide bonds. The number of nitriles is 1. The monoisotopic (exact) mass is 229 g/mol. The lowest BCUT2D eigenvalue weighted by Gasteiger charge is -2.15. The van der Waals surface area contributed by atoms with Crippen LogP contribution in [0.5, 0.6) is 0 Å². The van der Waals surface area contributed by atoms with E-state index in [1.165, 1.54) is 25.7 Å². The zero-order valence-electron chi connectivity index (χ0n) is 10.4. The largest absolute Gasteiger partial charge is 0.312 e. The molecule has 0 aliphatic heterocycles. The molecule has 0 saturated heterocycles. The first-order valence-electron chi connectivity index (χ1n) is 6.34. The third-order valence-electron chi connectivity index (χ3n) is 3.55. The SMILES string of the molecule is CCCC1(CNCc2cccnc2C#N)CC1. The minimum Gasteiger partial charge on any atom is -0.312 e. The number of hydrogen-bond donors (Lipinski definition) is 1. The minimum absolute atomic E-state index is 0.542. The van der Waals surface area contributed by atoms with Crippen molar-refractivity contribution in [3.05, 3.63) is 29.6 Å². The maximum absolute atomic E-state index is 8.93. The van der Waals surface area contributed by atoms with Crippen molar-refractivity contribution in [2.75, 3.05) is 6.54 Å². The average Bonchev–Trinajstić information content (AvgIpc) is 3.10. The molecule has 1 N–H and O–H groups in total. The molecule has 3 heteroatoms. The molecule has 1 aromatic heterocycles. The van der Waals surface area contributed by atoms with Crippen LogP contribution < -0.4 is 5.32 Å². The molecular weight excluding hydrogens is 210 g/mol. The summed E-state index contributed by atoms with van der Waals surface area (Å²) in [7, 11) is 0. The van der Waals surface area contributed by atoms with Crippen molar-refractivity contribution in [3.8, 4) is 6.07 Å². The van der Waals surface area contributed by atoms with Gasteiger partial charge in [-0.25, -0.2) is 4.98 Å². The summed E-state index contributed by atoms with van der Waals surface area (Å²) in [6.45, 7) is 4.07. The Morgan fingerprint density at radius 1 is 1.53 bits per heavy atom. The van der Waals surface area contributed by atoms with Crippen LogP contribution in [0.25, 0.3) is 0 Å². The average molecular weight is 229 g/mol. The Hall–Kier alpha value is -1.40. The van der Waals surface area contributed by atoms with Crippen molar-refractivity contribution < 1.29 is 0 Å². The second kappa shape index (κ2) is 5.29. The van der Waals surface area contributed by atoms with Crippen LogP contribution in [0.4, 0.5) is 0 Å². The summed E-state index contributed by atoms with van der Waals surface area (Å²) in [5, 5.41) is 12.4. The fourth-order valence-electron chi connectivity index (χ4n) is 2.37. The molecule has 90 valence electrons. The summed E-state index contributed by atoms with van der Waals surface area (Å²) >= 11 is 0. The number of rotatable bonds is 6. The van der Waals surface area contributed by atoms with E-state index in [1.54, 1.807) is 6.20 Å². The third kappa shape index (κ3) is 3.04. The number of hydrogen-bond acceptors (Lipinski definition) is 3. The van der Waals surface area contributed by atoms with E-state index in [0.717, 1.165) is 18.7 Å². The van der Waals surface area contributed by atoms with Gasteiger partial charge in [-0.05, 0) is 30.7 Å². The van der Waals surface area contributed by atoms with Gasteiger partial charge in [0.15, 0.2) is 0 Å². The van der Waals surface area contributed by atoms with Crippen molar-refractivity contribution in [2.24, 2.45) is 5.41 Å². The van der Waals surface area contributed by atoms with Crippen LogP contribution in [-0.2, 0) is 6.54 Å².